The molecule has 10 heteroatoms. The molecule has 1 fully saturated rings. The van der Waals surface area contributed by atoms with E-state index in [0.29, 0.717) is 30.4 Å². The van der Waals surface area contributed by atoms with Crippen molar-refractivity contribution < 1.29 is 17.9 Å². The van der Waals surface area contributed by atoms with Crippen LogP contribution in [0, 0.1) is 5.92 Å². The highest BCUT2D eigenvalue weighted by molar-refractivity contribution is 7.91. The number of hydrogen-bond donors (Lipinski definition) is 1. The fourth-order valence-corrected chi connectivity index (χ4v) is 4.26. The summed E-state index contributed by atoms with van der Waals surface area (Å²) >= 11 is 0. The smallest absolute Gasteiger partial charge is 0.260 e. The number of carbonyl (C=O) groups excluding carboxylic acids is 1. The predicted molar refractivity (Wildman–Crippen MR) is 80.6 cm³/mol. The van der Waals surface area contributed by atoms with Crippen LogP contribution in [0.2, 0.25) is 0 Å². The standard InChI is InChI=1S/C13H17N5O4S/c1-2-22-13-11-17-16-10(18(11)5-4-14-13)7-15-12(19)9-3-6-23(20,21)8-9/h4-5,9H,2-3,6-8H2,1H3,(H,15,19)/t9-/m0/s1. The van der Waals surface area contributed by atoms with Crippen LogP contribution in [-0.2, 0) is 21.2 Å². The summed E-state index contributed by atoms with van der Waals surface area (Å²) in [4.78, 5) is 16.1. The maximum Gasteiger partial charge on any atom is 0.260 e. The summed E-state index contributed by atoms with van der Waals surface area (Å²) in [5.41, 5.74) is 0.474. The topological polar surface area (TPSA) is 116 Å². The summed E-state index contributed by atoms with van der Waals surface area (Å²) in [5, 5.41) is 10.8. The maximum absolute atomic E-state index is 12.1. The number of amides is 1. The van der Waals surface area contributed by atoms with Crippen LogP contribution in [0.15, 0.2) is 12.4 Å². The highest BCUT2D eigenvalue weighted by atomic mass is 32.2. The molecule has 1 aliphatic rings. The number of rotatable bonds is 5. The molecule has 9 nitrogen and oxygen atoms in total. The van der Waals surface area contributed by atoms with E-state index in [9.17, 15) is 13.2 Å². The number of aromatic nitrogens is 4. The second-order valence-electron chi connectivity index (χ2n) is 5.29. The molecule has 1 aliphatic heterocycles. The minimum Gasteiger partial charge on any atom is -0.475 e. The molecule has 3 heterocycles. The Morgan fingerprint density at radius 3 is 3.00 bits per heavy atom. The highest BCUT2D eigenvalue weighted by Gasteiger charge is 2.32. The summed E-state index contributed by atoms with van der Waals surface area (Å²) < 4.78 is 29.9. The van der Waals surface area contributed by atoms with E-state index in [0.717, 1.165) is 0 Å². The molecule has 0 saturated carbocycles. The third-order valence-electron chi connectivity index (χ3n) is 3.67. The lowest BCUT2D eigenvalue weighted by atomic mass is 10.1. The average molecular weight is 339 g/mol. The van der Waals surface area contributed by atoms with Gasteiger partial charge in [0.15, 0.2) is 15.7 Å². The summed E-state index contributed by atoms with van der Waals surface area (Å²) in [7, 11) is -3.08. The van der Waals surface area contributed by atoms with Crippen LogP contribution in [0.5, 0.6) is 5.88 Å². The summed E-state index contributed by atoms with van der Waals surface area (Å²) in [6, 6.07) is 0. The second-order valence-corrected chi connectivity index (χ2v) is 7.52. The lowest BCUT2D eigenvalue weighted by Crippen LogP contribution is -2.31. The van der Waals surface area contributed by atoms with Crippen molar-refractivity contribution in [3.05, 3.63) is 18.2 Å². The fourth-order valence-electron chi connectivity index (χ4n) is 2.52. The number of sulfone groups is 1. The van der Waals surface area contributed by atoms with Crippen LogP contribution in [0.4, 0.5) is 0 Å². The summed E-state index contributed by atoms with van der Waals surface area (Å²) in [5.74, 6) is 0.126. The highest BCUT2D eigenvalue weighted by Crippen LogP contribution is 2.19. The van der Waals surface area contributed by atoms with E-state index in [1.165, 1.54) is 0 Å². The van der Waals surface area contributed by atoms with Gasteiger partial charge in [-0.05, 0) is 13.3 Å². The first-order valence-electron chi connectivity index (χ1n) is 7.29. The van der Waals surface area contributed by atoms with Gasteiger partial charge in [0.25, 0.3) is 5.88 Å². The zero-order valence-electron chi connectivity index (χ0n) is 12.6. The van der Waals surface area contributed by atoms with E-state index in [1.807, 2.05) is 6.92 Å². The minimum absolute atomic E-state index is 0.0718. The first kappa shape index (κ1) is 15.7. The molecular weight excluding hydrogens is 322 g/mol. The molecule has 0 aromatic carbocycles. The van der Waals surface area contributed by atoms with Crippen molar-refractivity contribution in [1.82, 2.24) is 24.9 Å². The molecule has 2 aromatic heterocycles. The van der Waals surface area contributed by atoms with E-state index < -0.39 is 15.8 Å². The average Bonchev–Trinajstić information content (AvgIpc) is 3.09. The van der Waals surface area contributed by atoms with Crippen LogP contribution >= 0.6 is 0 Å². The van der Waals surface area contributed by atoms with Crippen molar-refractivity contribution in [1.29, 1.82) is 0 Å². The van der Waals surface area contributed by atoms with E-state index in [2.05, 4.69) is 20.5 Å². The molecule has 1 saturated heterocycles. The van der Waals surface area contributed by atoms with Gasteiger partial charge in [-0.1, -0.05) is 0 Å². The molecule has 0 aliphatic carbocycles. The van der Waals surface area contributed by atoms with Gasteiger partial charge in [0.05, 0.1) is 30.6 Å². The monoisotopic (exact) mass is 339 g/mol. The first-order valence-corrected chi connectivity index (χ1v) is 9.12. The number of nitrogens with one attached hydrogen (secondary N) is 1. The largest absolute Gasteiger partial charge is 0.475 e. The van der Waals surface area contributed by atoms with Crippen molar-refractivity contribution in [3.63, 3.8) is 0 Å². The second kappa shape index (κ2) is 6.11. The van der Waals surface area contributed by atoms with Gasteiger partial charge >= 0.3 is 0 Å². The van der Waals surface area contributed by atoms with Gasteiger partial charge < -0.3 is 10.1 Å². The maximum atomic E-state index is 12.1. The van der Waals surface area contributed by atoms with Gasteiger partial charge in [-0.25, -0.2) is 13.4 Å². The third-order valence-corrected chi connectivity index (χ3v) is 5.44. The Balaban J connectivity index is 1.70. The van der Waals surface area contributed by atoms with Crippen molar-refractivity contribution in [2.45, 2.75) is 19.9 Å². The number of carbonyl (C=O) groups is 1. The fraction of sp³-hybridized carbons (Fsp3) is 0.538. The molecule has 23 heavy (non-hydrogen) atoms. The van der Waals surface area contributed by atoms with Crippen LogP contribution < -0.4 is 10.1 Å². The Bertz CT molecular complexity index is 832. The Hall–Kier alpha value is -2.23. The van der Waals surface area contributed by atoms with Crippen LogP contribution in [-0.4, -0.2) is 52.0 Å². The Morgan fingerprint density at radius 2 is 2.30 bits per heavy atom. The molecule has 0 spiro atoms. The van der Waals surface area contributed by atoms with Gasteiger partial charge in [0.2, 0.25) is 11.6 Å². The molecule has 124 valence electrons. The molecular formula is C13H17N5O4S. The van der Waals surface area contributed by atoms with Crippen LogP contribution in [0.1, 0.15) is 19.2 Å². The molecule has 1 amide bonds. The summed E-state index contributed by atoms with van der Waals surface area (Å²) in [6.07, 6.45) is 3.61. The molecule has 3 rings (SSSR count). The number of nitrogens with zero attached hydrogens (tertiary/aromatic N) is 4. The number of ether oxygens (including phenoxy) is 1. The molecule has 0 radical (unpaired) electrons. The van der Waals surface area contributed by atoms with Crippen molar-refractivity contribution in [2.75, 3.05) is 18.1 Å². The number of hydrogen-bond acceptors (Lipinski definition) is 7. The Kier molecular flexibility index (Phi) is 4.16. The van der Waals surface area contributed by atoms with E-state index in [-0.39, 0.29) is 24.0 Å². The molecule has 1 N–H and O–H groups in total. The molecule has 0 unspecified atom stereocenters. The van der Waals surface area contributed by atoms with Crippen LogP contribution in [0.25, 0.3) is 5.65 Å². The van der Waals surface area contributed by atoms with Gasteiger partial charge in [-0.2, -0.15) is 0 Å². The Labute approximate surface area is 133 Å². The van der Waals surface area contributed by atoms with Gasteiger partial charge in [0, 0.05) is 12.4 Å². The van der Waals surface area contributed by atoms with Crippen molar-refractivity contribution in [3.8, 4) is 5.88 Å². The SMILES string of the molecule is CCOc1nccn2c(CNC(=O)[C@H]3CCS(=O)(=O)C3)nnc12. The summed E-state index contributed by atoms with van der Waals surface area (Å²) in [6.45, 7) is 2.46. The Morgan fingerprint density at radius 1 is 1.48 bits per heavy atom. The van der Waals surface area contributed by atoms with E-state index in [1.54, 1.807) is 16.8 Å². The van der Waals surface area contributed by atoms with E-state index in [4.69, 9.17) is 4.74 Å². The first-order chi connectivity index (χ1) is 11.0. The molecule has 0 bridgehead atoms. The minimum atomic E-state index is -3.08. The third kappa shape index (κ3) is 3.26. The quantitative estimate of drug-likeness (QED) is 0.786. The molecule has 2 aromatic rings. The number of fused-ring (bicyclic) bond motifs is 1. The predicted octanol–water partition coefficient (Wildman–Crippen LogP) is -0.426. The van der Waals surface area contributed by atoms with Crippen LogP contribution in [0.3, 0.4) is 0 Å². The normalized spacial score (nSPS) is 19.8. The lowest BCUT2D eigenvalue weighted by Gasteiger charge is -2.08. The van der Waals surface area contributed by atoms with Gasteiger partial charge in [0.1, 0.15) is 0 Å². The molecule has 1 atom stereocenters. The van der Waals surface area contributed by atoms with Gasteiger partial charge in [-0.3, -0.25) is 9.20 Å². The lowest BCUT2D eigenvalue weighted by molar-refractivity contribution is -0.124. The van der Waals surface area contributed by atoms with Crippen molar-refractivity contribution in [2.24, 2.45) is 5.92 Å². The zero-order chi connectivity index (χ0) is 16.4. The van der Waals surface area contributed by atoms with E-state index >= 15 is 0 Å². The zero-order valence-corrected chi connectivity index (χ0v) is 13.4. The van der Waals surface area contributed by atoms with Gasteiger partial charge in [-0.15, -0.1) is 10.2 Å². The van der Waals surface area contributed by atoms with Crippen molar-refractivity contribution >= 4 is 21.4 Å².